The summed E-state index contributed by atoms with van der Waals surface area (Å²) in [5.74, 6) is 1.22. The van der Waals surface area contributed by atoms with Gasteiger partial charge in [-0.15, -0.1) is 6.58 Å². The molecular formula is C19H23N5S. The molecule has 5 nitrogen and oxygen atoms in total. The van der Waals surface area contributed by atoms with E-state index >= 15 is 0 Å². The molecule has 0 saturated heterocycles. The Morgan fingerprint density at radius 2 is 2.08 bits per heavy atom. The summed E-state index contributed by atoms with van der Waals surface area (Å²) in [6.45, 7) is 11.0. The maximum absolute atomic E-state index is 6.01. The molecule has 2 aliphatic heterocycles. The van der Waals surface area contributed by atoms with Gasteiger partial charge in [-0.25, -0.2) is 15.0 Å². The van der Waals surface area contributed by atoms with Gasteiger partial charge in [-0.1, -0.05) is 23.3 Å². The molecule has 0 spiro atoms. The van der Waals surface area contributed by atoms with Crippen LogP contribution in [-0.4, -0.2) is 19.5 Å². The van der Waals surface area contributed by atoms with Gasteiger partial charge in [0.1, 0.15) is 0 Å². The molecule has 0 bridgehead atoms. The summed E-state index contributed by atoms with van der Waals surface area (Å²) in [5, 5.41) is 0.704. The number of nitrogens with zero attached hydrogens (tertiary/aromatic N) is 4. The minimum absolute atomic E-state index is 0.422. The van der Waals surface area contributed by atoms with E-state index in [9.17, 15) is 0 Å². The average Bonchev–Trinajstić information content (AvgIpc) is 2.97. The molecule has 25 heavy (non-hydrogen) atoms. The average molecular weight is 353 g/mol. The highest BCUT2D eigenvalue weighted by Crippen LogP contribution is 2.33. The molecule has 0 radical (unpaired) electrons. The zero-order valence-electron chi connectivity index (χ0n) is 14.9. The van der Waals surface area contributed by atoms with E-state index in [1.807, 2.05) is 11.5 Å². The maximum Gasteiger partial charge on any atom is 0.195 e. The zero-order chi connectivity index (χ0) is 18.0. The third-order valence-electron chi connectivity index (χ3n) is 4.01. The topological polar surface area (TPSA) is 69.6 Å². The molecule has 0 atom stereocenters. The van der Waals surface area contributed by atoms with Gasteiger partial charge in [0.15, 0.2) is 22.5 Å². The second kappa shape index (κ2) is 7.27. The van der Waals surface area contributed by atoms with Crippen LogP contribution >= 0.6 is 11.8 Å². The molecule has 0 amide bonds. The highest BCUT2D eigenvalue weighted by atomic mass is 32.2. The predicted molar refractivity (Wildman–Crippen MR) is 103 cm³/mol. The Hall–Kier alpha value is -2.34. The Bertz CT molecular complexity index is 884. The van der Waals surface area contributed by atoms with E-state index in [4.69, 9.17) is 10.7 Å². The normalized spacial score (nSPS) is 11.2. The summed E-state index contributed by atoms with van der Waals surface area (Å²) >= 11 is 1.56. The van der Waals surface area contributed by atoms with Crippen LogP contribution in [0.5, 0.6) is 0 Å². The van der Waals surface area contributed by atoms with Gasteiger partial charge in [0.25, 0.3) is 0 Å². The molecule has 0 aliphatic carbocycles. The number of benzene rings is 1. The van der Waals surface area contributed by atoms with Gasteiger partial charge >= 0.3 is 0 Å². The lowest BCUT2D eigenvalue weighted by molar-refractivity contribution is 0.626. The van der Waals surface area contributed by atoms with Gasteiger partial charge in [-0.3, -0.25) is 0 Å². The lowest BCUT2D eigenvalue weighted by Crippen LogP contribution is -2.08. The van der Waals surface area contributed by atoms with Crippen LogP contribution in [0.15, 0.2) is 46.7 Å². The number of imidazole rings is 1. The number of hydrogen-bond donors (Lipinski definition) is 1. The van der Waals surface area contributed by atoms with Crippen molar-refractivity contribution in [2.24, 2.45) is 0 Å². The molecule has 2 N–H and O–H groups in total. The highest BCUT2D eigenvalue weighted by molar-refractivity contribution is 7.99. The third kappa shape index (κ3) is 4.02. The van der Waals surface area contributed by atoms with Crippen molar-refractivity contribution < 1.29 is 0 Å². The van der Waals surface area contributed by atoms with Crippen molar-refractivity contribution in [3.05, 3.63) is 47.8 Å². The van der Waals surface area contributed by atoms with E-state index in [-0.39, 0.29) is 0 Å². The van der Waals surface area contributed by atoms with Crippen LogP contribution in [-0.2, 0) is 6.54 Å². The second-order valence-electron chi connectivity index (χ2n) is 6.43. The fraction of sp³-hybridized carbons (Fsp3) is 0.316. The zero-order valence-corrected chi connectivity index (χ0v) is 15.7. The van der Waals surface area contributed by atoms with Gasteiger partial charge < -0.3 is 10.3 Å². The van der Waals surface area contributed by atoms with Crippen LogP contribution in [0.1, 0.15) is 30.9 Å². The van der Waals surface area contributed by atoms with E-state index in [1.54, 1.807) is 18.1 Å². The number of hydrogen-bond acceptors (Lipinski definition) is 5. The Morgan fingerprint density at radius 1 is 1.28 bits per heavy atom. The number of aryl methyl sites for hydroxylation is 3. The summed E-state index contributed by atoms with van der Waals surface area (Å²) in [6, 6.07) is 6.38. The van der Waals surface area contributed by atoms with E-state index in [0.29, 0.717) is 16.7 Å². The van der Waals surface area contributed by atoms with Crippen molar-refractivity contribution in [2.75, 3.05) is 5.73 Å². The lowest BCUT2D eigenvalue weighted by Gasteiger charge is -2.10. The smallest absolute Gasteiger partial charge is 0.195 e. The molecule has 0 aromatic heterocycles. The summed E-state index contributed by atoms with van der Waals surface area (Å²) in [5.41, 5.74) is 10.3. The molecule has 1 aromatic carbocycles. The van der Waals surface area contributed by atoms with Gasteiger partial charge in [0.05, 0.1) is 6.33 Å². The molecule has 0 unspecified atom stereocenters. The SMILES string of the molecule is C=C(C)CCCn1cnc(N)c2nc(Sc3ccc(C)cc3C)nc1-2. The quantitative estimate of drug-likeness (QED) is 0.661. The number of aromatic nitrogens is 4. The monoisotopic (exact) mass is 353 g/mol. The fourth-order valence-corrected chi connectivity index (χ4v) is 3.53. The maximum atomic E-state index is 6.01. The van der Waals surface area contributed by atoms with E-state index in [1.165, 1.54) is 16.7 Å². The van der Waals surface area contributed by atoms with Crippen LogP contribution in [0.4, 0.5) is 5.82 Å². The van der Waals surface area contributed by atoms with E-state index in [0.717, 1.165) is 30.1 Å². The number of fused-ring (bicyclic) bond motifs is 1. The van der Waals surface area contributed by atoms with Crippen molar-refractivity contribution in [1.29, 1.82) is 0 Å². The largest absolute Gasteiger partial charge is 0.382 e. The third-order valence-corrected chi connectivity index (χ3v) is 5.05. The van der Waals surface area contributed by atoms with Crippen LogP contribution < -0.4 is 5.73 Å². The van der Waals surface area contributed by atoms with Crippen LogP contribution in [0.2, 0.25) is 0 Å². The summed E-state index contributed by atoms with van der Waals surface area (Å²) < 4.78 is 2.02. The number of nitrogen functional groups attached to an aromatic ring is 1. The summed E-state index contributed by atoms with van der Waals surface area (Å²) in [7, 11) is 0. The minimum atomic E-state index is 0.422. The Kier molecular flexibility index (Phi) is 5.08. The van der Waals surface area contributed by atoms with Crippen molar-refractivity contribution >= 4 is 17.6 Å². The Morgan fingerprint density at radius 3 is 2.80 bits per heavy atom. The molecule has 2 aliphatic rings. The fourth-order valence-electron chi connectivity index (χ4n) is 2.71. The highest BCUT2D eigenvalue weighted by Gasteiger charge is 2.19. The molecule has 3 rings (SSSR count). The van der Waals surface area contributed by atoms with Gasteiger partial charge in [-0.05, 0) is 57.0 Å². The first kappa shape index (κ1) is 17.5. The second-order valence-corrected chi connectivity index (χ2v) is 7.44. The van der Waals surface area contributed by atoms with Crippen molar-refractivity contribution in [3.8, 4) is 11.5 Å². The summed E-state index contributed by atoms with van der Waals surface area (Å²) in [6.07, 6.45) is 3.72. The van der Waals surface area contributed by atoms with Crippen molar-refractivity contribution in [2.45, 2.75) is 50.2 Å². The van der Waals surface area contributed by atoms with Crippen LogP contribution in [0, 0.1) is 13.8 Å². The molecule has 6 heteroatoms. The summed E-state index contributed by atoms with van der Waals surface area (Å²) in [4.78, 5) is 14.7. The molecule has 1 aromatic rings. The number of anilines is 1. The molecular weight excluding hydrogens is 330 g/mol. The molecule has 0 fully saturated rings. The van der Waals surface area contributed by atoms with E-state index in [2.05, 4.69) is 48.6 Å². The van der Waals surface area contributed by atoms with Gasteiger partial charge in [0, 0.05) is 11.4 Å². The number of nitrogens with two attached hydrogens (primary N) is 1. The van der Waals surface area contributed by atoms with Crippen LogP contribution in [0.25, 0.3) is 11.5 Å². The predicted octanol–water partition coefficient (Wildman–Crippen LogP) is 4.48. The molecule has 2 heterocycles. The van der Waals surface area contributed by atoms with Crippen molar-refractivity contribution in [1.82, 2.24) is 19.5 Å². The molecule has 0 saturated carbocycles. The number of rotatable bonds is 6. The van der Waals surface area contributed by atoms with Crippen molar-refractivity contribution in [3.63, 3.8) is 0 Å². The van der Waals surface area contributed by atoms with Crippen LogP contribution in [0.3, 0.4) is 0 Å². The first-order valence-corrected chi connectivity index (χ1v) is 9.13. The van der Waals surface area contributed by atoms with Gasteiger partial charge in [0.2, 0.25) is 0 Å². The number of allylic oxidation sites excluding steroid dienone is 1. The minimum Gasteiger partial charge on any atom is -0.382 e. The first-order chi connectivity index (χ1) is 11.9. The van der Waals surface area contributed by atoms with Gasteiger partial charge in [-0.2, -0.15) is 0 Å². The standard InChI is InChI=1S/C19H23N5S/c1-12(2)6-5-9-24-11-21-17(20)16-18(24)23-19(22-16)25-15-8-7-13(3)10-14(15)4/h7-8,10-11H,1,5-6,9,20H2,2-4H3. The molecule has 130 valence electrons. The lowest BCUT2D eigenvalue weighted by atomic mass is 10.2. The Balaban J connectivity index is 1.88. The van der Waals surface area contributed by atoms with E-state index < -0.39 is 0 Å². The Labute approximate surface area is 152 Å². The first-order valence-electron chi connectivity index (χ1n) is 8.32.